The molecule has 0 aliphatic rings. The van der Waals surface area contributed by atoms with Crippen LogP contribution in [0.2, 0.25) is 0 Å². The summed E-state index contributed by atoms with van der Waals surface area (Å²) in [5.74, 6) is -0.0394. The topological polar surface area (TPSA) is 140 Å². The SMILES string of the molecule is N=S(=O)(CCCN)c1ccc(-c2ccc(CNC(=O)Cn3c(-c4ncco4)cc4cc(F)ccc43)nc2)cc1. The van der Waals surface area contributed by atoms with Crippen LogP contribution in [0, 0.1) is 10.6 Å². The summed E-state index contributed by atoms with van der Waals surface area (Å²) in [6.45, 7) is 0.615. The fourth-order valence-corrected chi connectivity index (χ4v) is 5.68. The monoisotopic (exact) mass is 546 g/mol. The Kier molecular flexibility index (Phi) is 7.53. The van der Waals surface area contributed by atoms with E-state index in [0.29, 0.717) is 46.0 Å². The number of nitrogens with one attached hydrogen (secondary N) is 2. The number of hydrogen-bond acceptors (Lipinski definition) is 7. The molecule has 1 amide bonds. The van der Waals surface area contributed by atoms with E-state index in [2.05, 4.69) is 15.3 Å². The lowest BCUT2D eigenvalue weighted by atomic mass is 10.1. The van der Waals surface area contributed by atoms with Crippen LogP contribution < -0.4 is 11.1 Å². The van der Waals surface area contributed by atoms with Gasteiger partial charge in [0.1, 0.15) is 24.3 Å². The zero-order valence-corrected chi connectivity index (χ0v) is 21.8. The summed E-state index contributed by atoms with van der Waals surface area (Å²) in [6.07, 6.45) is 5.20. The Morgan fingerprint density at radius 3 is 2.56 bits per heavy atom. The van der Waals surface area contributed by atoms with E-state index in [1.807, 2.05) is 24.3 Å². The van der Waals surface area contributed by atoms with Crippen LogP contribution in [0.1, 0.15) is 12.1 Å². The van der Waals surface area contributed by atoms with Gasteiger partial charge in [0, 0.05) is 33.3 Å². The maximum atomic E-state index is 13.8. The standard InChI is InChI=1S/C28H27FN6O3S/c29-22-5-9-25-21(14-22)15-26(28-32-11-12-38-28)35(25)18-27(36)34-17-23-6-2-20(16-33-23)19-3-7-24(8-4-19)39(31,37)13-1-10-30/h2-9,11-12,14-16,31H,1,10,13,17-18,30H2,(H,34,36). The molecule has 4 N–H and O–H groups in total. The molecule has 1 atom stereocenters. The van der Waals surface area contributed by atoms with Gasteiger partial charge in [-0.25, -0.2) is 18.4 Å². The quantitative estimate of drug-likeness (QED) is 0.234. The summed E-state index contributed by atoms with van der Waals surface area (Å²) in [5.41, 5.74) is 9.16. The molecule has 0 saturated carbocycles. The van der Waals surface area contributed by atoms with Gasteiger partial charge in [-0.2, -0.15) is 0 Å². The van der Waals surface area contributed by atoms with Crippen molar-refractivity contribution in [2.45, 2.75) is 24.4 Å². The second kappa shape index (κ2) is 11.2. The largest absolute Gasteiger partial charge is 0.443 e. The second-order valence-corrected chi connectivity index (χ2v) is 11.2. The number of amides is 1. The van der Waals surface area contributed by atoms with E-state index in [9.17, 15) is 13.4 Å². The molecule has 2 aromatic carbocycles. The number of fused-ring (bicyclic) bond motifs is 1. The Balaban J connectivity index is 1.24. The number of nitrogens with zero attached hydrogens (tertiary/aromatic N) is 3. The molecule has 11 heteroatoms. The molecule has 9 nitrogen and oxygen atoms in total. The third kappa shape index (κ3) is 5.89. The summed E-state index contributed by atoms with van der Waals surface area (Å²) in [6, 6.07) is 16.9. The van der Waals surface area contributed by atoms with Gasteiger partial charge < -0.3 is 20.0 Å². The predicted octanol–water partition coefficient (Wildman–Crippen LogP) is 4.57. The number of halogens is 1. The lowest BCUT2D eigenvalue weighted by Crippen LogP contribution is -2.27. The zero-order chi connectivity index (χ0) is 27.4. The first-order chi connectivity index (χ1) is 18.8. The second-order valence-electron chi connectivity index (χ2n) is 9.02. The van der Waals surface area contributed by atoms with Crippen molar-refractivity contribution in [3.8, 4) is 22.7 Å². The first-order valence-corrected chi connectivity index (χ1v) is 14.0. The van der Waals surface area contributed by atoms with E-state index in [0.717, 1.165) is 11.1 Å². The molecular weight excluding hydrogens is 519 g/mol. The highest BCUT2D eigenvalue weighted by atomic mass is 32.2. The van der Waals surface area contributed by atoms with Crippen molar-refractivity contribution in [2.75, 3.05) is 12.3 Å². The zero-order valence-electron chi connectivity index (χ0n) is 21.0. The fourth-order valence-electron chi connectivity index (χ4n) is 4.30. The molecule has 0 aliphatic heterocycles. The molecule has 5 rings (SSSR count). The van der Waals surface area contributed by atoms with Crippen molar-refractivity contribution in [1.82, 2.24) is 19.9 Å². The van der Waals surface area contributed by atoms with Crippen molar-refractivity contribution < 1.29 is 17.8 Å². The van der Waals surface area contributed by atoms with Crippen molar-refractivity contribution >= 4 is 26.5 Å². The molecule has 39 heavy (non-hydrogen) atoms. The van der Waals surface area contributed by atoms with Crippen LogP contribution in [0.4, 0.5) is 4.39 Å². The Labute approximate surface area is 224 Å². The predicted molar refractivity (Wildman–Crippen MR) is 147 cm³/mol. The van der Waals surface area contributed by atoms with Gasteiger partial charge in [0.25, 0.3) is 0 Å². The van der Waals surface area contributed by atoms with Crippen molar-refractivity contribution in [3.05, 3.63) is 90.8 Å². The van der Waals surface area contributed by atoms with Crippen molar-refractivity contribution in [3.63, 3.8) is 0 Å². The molecule has 0 aliphatic carbocycles. The number of rotatable bonds is 10. The van der Waals surface area contributed by atoms with Gasteiger partial charge in [0.15, 0.2) is 0 Å². The molecule has 3 heterocycles. The number of aromatic nitrogens is 3. The van der Waals surface area contributed by atoms with E-state index in [4.69, 9.17) is 14.9 Å². The number of oxazole rings is 1. The van der Waals surface area contributed by atoms with Gasteiger partial charge in [-0.1, -0.05) is 18.2 Å². The summed E-state index contributed by atoms with van der Waals surface area (Å²) in [7, 11) is -2.86. The number of benzene rings is 2. The molecule has 3 aromatic heterocycles. The molecule has 1 unspecified atom stereocenters. The molecule has 0 spiro atoms. The van der Waals surface area contributed by atoms with Gasteiger partial charge in [-0.15, -0.1) is 0 Å². The van der Waals surface area contributed by atoms with Gasteiger partial charge in [-0.3, -0.25) is 9.78 Å². The van der Waals surface area contributed by atoms with Crippen molar-refractivity contribution in [1.29, 1.82) is 4.78 Å². The molecule has 0 saturated heterocycles. The first-order valence-electron chi connectivity index (χ1n) is 12.3. The summed E-state index contributed by atoms with van der Waals surface area (Å²) in [5, 5.41) is 3.52. The molecular formula is C28H27FN6O3S. The lowest BCUT2D eigenvalue weighted by molar-refractivity contribution is -0.121. The number of carbonyl (C=O) groups excluding carboxylic acids is 1. The molecule has 200 valence electrons. The molecule has 0 bridgehead atoms. The van der Waals surface area contributed by atoms with Crippen LogP contribution in [0.25, 0.3) is 33.6 Å². The van der Waals surface area contributed by atoms with Gasteiger partial charge in [0.05, 0.1) is 28.2 Å². The Morgan fingerprint density at radius 2 is 1.87 bits per heavy atom. The van der Waals surface area contributed by atoms with Crippen LogP contribution in [0.5, 0.6) is 0 Å². The Hall–Kier alpha value is -4.35. The third-order valence-corrected chi connectivity index (χ3v) is 8.21. The number of pyridine rings is 1. The minimum Gasteiger partial charge on any atom is -0.443 e. The molecule has 0 fully saturated rings. The number of carbonyl (C=O) groups is 1. The fraction of sp³-hybridized carbons (Fsp3) is 0.179. The maximum absolute atomic E-state index is 13.8. The Bertz CT molecular complexity index is 1700. The molecule has 0 radical (unpaired) electrons. The highest BCUT2D eigenvalue weighted by Gasteiger charge is 2.17. The van der Waals surface area contributed by atoms with E-state index in [-0.39, 0.29) is 30.6 Å². The summed E-state index contributed by atoms with van der Waals surface area (Å²) >= 11 is 0. The summed E-state index contributed by atoms with van der Waals surface area (Å²) in [4.78, 5) is 22.0. The van der Waals surface area contributed by atoms with Crippen molar-refractivity contribution in [2.24, 2.45) is 5.73 Å². The van der Waals surface area contributed by atoms with Crippen LogP contribution in [0.15, 0.2) is 88.6 Å². The van der Waals surface area contributed by atoms with E-state index in [1.165, 1.54) is 24.6 Å². The minimum atomic E-state index is -2.86. The first kappa shape index (κ1) is 26.3. The van der Waals surface area contributed by atoms with E-state index in [1.54, 1.807) is 35.0 Å². The van der Waals surface area contributed by atoms with E-state index >= 15 is 0 Å². The maximum Gasteiger partial charge on any atom is 0.243 e. The van der Waals surface area contributed by atoms with Gasteiger partial charge in [0.2, 0.25) is 11.8 Å². The highest BCUT2D eigenvalue weighted by molar-refractivity contribution is 7.92. The van der Waals surface area contributed by atoms with Gasteiger partial charge in [-0.05, 0) is 61.0 Å². The third-order valence-electron chi connectivity index (χ3n) is 6.31. The lowest BCUT2D eigenvalue weighted by Gasteiger charge is -2.10. The van der Waals surface area contributed by atoms with Crippen LogP contribution in [-0.4, -0.2) is 36.9 Å². The van der Waals surface area contributed by atoms with Crippen LogP contribution in [-0.2, 0) is 27.6 Å². The number of nitrogens with two attached hydrogens (primary N) is 1. The van der Waals surface area contributed by atoms with Crippen LogP contribution >= 0.6 is 0 Å². The Morgan fingerprint density at radius 1 is 1.08 bits per heavy atom. The molecule has 5 aromatic rings. The van der Waals surface area contributed by atoms with Gasteiger partial charge >= 0.3 is 0 Å². The average molecular weight is 547 g/mol. The van der Waals surface area contributed by atoms with Crippen LogP contribution in [0.3, 0.4) is 0 Å². The smallest absolute Gasteiger partial charge is 0.243 e. The normalized spacial score (nSPS) is 12.9. The summed E-state index contributed by atoms with van der Waals surface area (Å²) < 4.78 is 41.6. The average Bonchev–Trinajstić information content (AvgIpc) is 3.59. The minimum absolute atomic E-state index is 0.0122. The van der Waals surface area contributed by atoms with E-state index < -0.39 is 9.73 Å². The number of hydrogen-bond donors (Lipinski definition) is 3. The highest BCUT2D eigenvalue weighted by Crippen LogP contribution is 2.28.